The Hall–Kier alpha value is -1.03. The largest absolute Gasteiger partial charge is 0.332 e. The van der Waals surface area contributed by atoms with Crippen molar-refractivity contribution in [3.05, 3.63) is 18.3 Å². The van der Waals surface area contributed by atoms with Gasteiger partial charge in [-0.3, -0.25) is 0 Å². The van der Waals surface area contributed by atoms with Crippen molar-refractivity contribution in [2.24, 2.45) is 5.92 Å². The summed E-state index contributed by atoms with van der Waals surface area (Å²) in [5.74, 6) is 1.95. The van der Waals surface area contributed by atoms with Crippen molar-refractivity contribution in [2.75, 3.05) is 5.75 Å². The average molecular weight is 263 g/mol. The third kappa shape index (κ3) is 3.48. The zero-order chi connectivity index (χ0) is 12.8. The van der Waals surface area contributed by atoms with Crippen LogP contribution >= 0.6 is 11.8 Å². The first-order valence-electron chi connectivity index (χ1n) is 6.77. The SMILES string of the molecule is CCCC[C@H](CC)CSc1nc2ncccc2[nH]1. The summed E-state index contributed by atoms with van der Waals surface area (Å²) < 4.78 is 0. The summed E-state index contributed by atoms with van der Waals surface area (Å²) in [5, 5.41) is 0.999. The van der Waals surface area contributed by atoms with E-state index in [-0.39, 0.29) is 0 Å². The first kappa shape index (κ1) is 13.4. The molecule has 2 aromatic heterocycles. The van der Waals surface area contributed by atoms with Gasteiger partial charge in [-0.25, -0.2) is 9.97 Å². The standard InChI is InChI=1S/C14H21N3S/c1-3-5-7-11(4-2)10-18-14-16-12-8-6-9-15-13(12)17-14/h6,8-9,11H,3-5,7,10H2,1-2H3,(H,15,16,17)/t11-/m0/s1. The monoisotopic (exact) mass is 263 g/mol. The predicted molar refractivity (Wildman–Crippen MR) is 77.9 cm³/mol. The van der Waals surface area contributed by atoms with Crippen molar-refractivity contribution in [2.45, 2.75) is 44.7 Å². The van der Waals surface area contributed by atoms with Gasteiger partial charge in [0.15, 0.2) is 10.8 Å². The number of fused-ring (bicyclic) bond motifs is 1. The number of nitrogens with zero attached hydrogens (tertiary/aromatic N) is 2. The first-order chi connectivity index (χ1) is 8.83. The molecule has 2 rings (SSSR count). The van der Waals surface area contributed by atoms with Crippen molar-refractivity contribution < 1.29 is 0 Å². The van der Waals surface area contributed by atoms with Gasteiger partial charge in [-0.15, -0.1) is 0 Å². The van der Waals surface area contributed by atoms with Crippen LogP contribution in [0.2, 0.25) is 0 Å². The molecule has 0 amide bonds. The Morgan fingerprint density at radius 2 is 2.28 bits per heavy atom. The van der Waals surface area contributed by atoms with E-state index >= 15 is 0 Å². The number of imidazole rings is 1. The molecule has 0 aliphatic carbocycles. The molecule has 98 valence electrons. The van der Waals surface area contributed by atoms with E-state index in [2.05, 4.69) is 28.8 Å². The van der Waals surface area contributed by atoms with Crippen LogP contribution in [0, 0.1) is 5.92 Å². The van der Waals surface area contributed by atoms with Gasteiger partial charge in [-0.1, -0.05) is 44.9 Å². The molecule has 0 bridgehead atoms. The Morgan fingerprint density at radius 1 is 1.39 bits per heavy atom. The number of H-pyrrole nitrogens is 1. The van der Waals surface area contributed by atoms with Gasteiger partial charge in [0.25, 0.3) is 0 Å². The minimum atomic E-state index is 0.802. The second-order valence-electron chi connectivity index (χ2n) is 4.64. The zero-order valence-corrected chi connectivity index (χ0v) is 12.0. The Balaban J connectivity index is 1.92. The fraction of sp³-hybridized carbons (Fsp3) is 0.571. The van der Waals surface area contributed by atoms with Crippen LogP contribution in [0.1, 0.15) is 39.5 Å². The second-order valence-corrected chi connectivity index (χ2v) is 5.65. The van der Waals surface area contributed by atoms with Crippen LogP contribution in [0.4, 0.5) is 0 Å². The van der Waals surface area contributed by atoms with E-state index in [9.17, 15) is 0 Å². The first-order valence-corrected chi connectivity index (χ1v) is 7.75. The summed E-state index contributed by atoms with van der Waals surface area (Å²) in [6.45, 7) is 4.53. The van der Waals surface area contributed by atoms with E-state index in [1.807, 2.05) is 23.9 Å². The molecule has 1 atom stereocenters. The highest BCUT2D eigenvalue weighted by Gasteiger charge is 2.09. The van der Waals surface area contributed by atoms with Gasteiger partial charge in [0, 0.05) is 11.9 Å². The van der Waals surface area contributed by atoms with E-state index in [0.717, 1.165) is 28.0 Å². The molecule has 0 saturated heterocycles. The minimum Gasteiger partial charge on any atom is -0.332 e. The maximum Gasteiger partial charge on any atom is 0.178 e. The third-order valence-corrected chi connectivity index (χ3v) is 4.34. The van der Waals surface area contributed by atoms with Crippen molar-refractivity contribution in [3.8, 4) is 0 Å². The van der Waals surface area contributed by atoms with Gasteiger partial charge in [-0.05, 0) is 24.5 Å². The molecule has 0 fully saturated rings. The second kappa shape index (κ2) is 6.78. The van der Waals surface area contributed by atoms with Crippen LogP contribution in [-0.2, 0) is 0 Å². The number of aromatic nitrogens is 3. The Kier molecular flexibility index (Phi) is 5.05. The lowest BCUT2D eigenvalue weighted by Crippen LogP contribution is -2.02. The lowest BCUT2D eigenvalue weighted by molar-refractivity contribution is 0.499. The highest BCUT2D eigenvalue weighted by Crippen LogP contribution is 2.24. The molecule has 18 heavy (non-hydrogen) atoms. The topological polar surface area (TPSA) is 41.6 Å². The number of hydrogen-bond donors (Lipinski definition) is 1. The molecule has 4 heteroatoms. The molecule has 2 aromatic rings. The lowest BCUT2D eigenvalue weighted by atomic mass is 10.0. The summed E-state index contributed by atoms with van der Waals surface area (Å²) in [6.07, 6.45) is 6.99. The van der Waals surface area contributed by atoms with E-state index in [4.69, 9.17) is 0 Å². The number of unbranched alkanes of at least 4 members (excludes halogenated alkanes) is 1. The number of nitrogens with one attached hydrogen (secondary N) is 1. The smallest absolute Gasteiger partial charge is 0.178 e. The van der Waals surface area contributed by atoms with E-state index in [1.54, 1.807) is 6.20 Å². The van der Waals surface area contributed by atoms with E-state index in [1.165, 1.54) is 25.7 Å². The van der Waals surface area contributed by atoms with Crippen molar-refractivity contribution >= 4 is 22.9 Å². The molecule has 0 aliphatic heterocycles. The summed E-state index contributed by atoms with van der Waals surface area (Å²) >= 11 is 1.82. The van der Waals surface area contributed by atoms with E-state index in [0.29, 0.717) is 0 Å². The molecular formula is C14H21N3S. The molecule has 0 spiro atoms. The van der Waals surface area contributed by atoms with Gasteiger partial charge in [0.1, 0.15) is 0 Å². The van der Waals surface area contributed by atoms with Gasteiger partial charge >= 0.3 is 0 Å². The number of thioether (sulfide) groups is 1. The van der Waals surface area contributed by atoms with Crippen LogP contribution in [0.25, 0.3) is 11.2 Å². The molecule has 3 nitrogen and oxygen atoms in total. The van der Waals surface area contributed by atoms with Crippen molar-refractivity contribution in [3.63, 3.8) is 0 Å². The molecule has 0 aromatic carbocycles. The maximum absolute atomic E-state index is 4.50. The maximum atomic E-state index is 4.50. The normalized spacial score (nSPS) is 13.0. The molecule has 0 radical (unpaired) electrons. The molecule has 0 saturated carbocycles. The van der Waals surface area contributed by atoms with Gasteiger partial charge in [-0.2, -0.15) is 0 Å². The summed E-state index contributed by atoms with van der Waals surface area (Å²) in [5.41, 5.74) is 1.85. The Morgan fingerprint density at radius 3 is 3.00 bits per heavy atom. The Labute approximate surface area is 113 Å². The van der Waals surface area contributed by atoms with Crippen molar-refractivity contribution in [1.82, 2.24) is 15.0 Å². The zero-order valence-electron chi connectivity index (χ0n) is 11.1. The molecule has 2 heterocycles. The average Bonchev–Trinajstić information content (AvgIpc) is 2.81. The number of pyridine rings is 1. The van der Waals surface area contributed by atoms with Crippen LogP contribution in [0.15, 0.2) is 23.5 Å². The van der Waals surface area contributed by atoms with Crippen LogP contribution in [0.5, 0.6) is 0 Å². The minimum absolute atomic E-state index is 0.802. The summed E-state index contributed by atoms with van der Waals surface area (Å²) in [4.78, 5) is 12.1. The molecule has 0 aliphatic rings. The number of aromatic amines is 1. The highest BCUT2D eigenvalue weighted by atomic mass is 32.2. The van der Waals surface area contributed by atoms with Crippen molar-refractivity contribution in [1.29, 1.82) is 0 Å². The number of rotatable bonds is 7. The predicted octanol–water partition coefficient (Wildman–Crippen LogP) is 4.27. The molecule has 0 unspecified atom stereocenters. The summed E-state index contributed by atoms with van der Waals surface area (Å²) in [7, 11) is 0. The summed E-state index contributed by atoms with van der Waals surface area (Å²) in [6, 6.07) is 3.96. The molecular weight excluding hydrogens is 242 g/mol. The fourth-order valence-corrected chi connectivity index (χ4v) is 3.12. The van der Waals surface area contributed by atoms with Crippen LogP contribution in [-0.4, -0.2) is 20.7 Å². The van der Waals surface area contributed by atoms with Crippen LogP contribution < -0.4 is 0 Å². The van der Waals surface area contributed by atoms with Gasteiger partial charge in [0.2, 0.25) is 0 Å². The number of hydrogen-bond acceptors (Lipinski definition) is 3. The van der Waals surface area contributed by atoms with E-state index < -0.39 is 0 Å². The van der Waals surface area contributed by atoms with Gasteiger partial charge < -0.3 is 4.98 Å². The quantitative estimate of drug-likeness (QED) is 0.759. The third-order valence-electron chi connectivity index (χ3n) is 3.23. The van der Waals surface area contributed by atoms with Gasteiger partial charge in [0.05, 0.1) is 5.52 Å². The molecule has 1 N–H and O–H groups in total. The Bertz CT molecular complexity index is 448. The fourth-order valence-electron chi connectivity index (χ4n) is 1.99. The van der Waals surface area contributed by atoms with Crippen LogP contribution in [0.3, 0.4) is 0 Å². The lowest BCUT2D eigenvalue weighted by Gasteiger charge is -2.12. The highest BCUT2D eigenvalue weighted by molar-refractivity contribution is 7.99.